The molecule has 7 unspecified atom stereocenters. The fraction of sp³-hybridized carbons (Fsp3) is 0.720. The second kappa shape index (κ2) is 8.16. The molecule has 0 spiro atoms. The first-order valence-corrected chi connectivity index (χ1v) is 11.7. The normalized spacial score (nSPS) is 41.5. The van der Waals surface area contributed by atoms with E-state index in [-0.39, 0.29) is 35.4 Å². The number of aromatic nitrogens is 1. The van der Waals surface area contributed by atoms with E-state index in [2.05, 4.69) is 30.7 Å². The maximum Gasteiger partial charge on any atom is 0.267 e. The van der Waals surface area contributed by atoms with Crippen LogP contribution in [-0.2, 0) is 0 Å². The van der Waals surface area contributed by atoms with Gasteiger partial charge in [-0.1, -0.05) is 26.0 Å². The van der Waals surface area contributed by atoms with E-state index in [1.165, 1.54) is 5.57 Å². The monoisotopic (exact) mass is 414 g/mol. The number of aromatic amines is 1. The number of carbonyl (C=O) groups excluding carboxylic acids is 1. The zero-order valence-electron chi connectivity index (χ0n) is 18.5. The smallest absolute Gasteiger partial charge is 0.267 e. The SMILES string of the molecule is C=C1CCC2C(CNC(=O)c3ccc[nH]3)C(C3(C)CCC(O)CC3CO)CCC12C. The number of allylic oxidation sites excluding steroid dienone is 1. The first-order chi connectivity index (χ1) is 14.3. The Hall–Kier alpha value is -1.59. The summed E-state index contributed by atoms with van der Waals surface area (Å²) in [5.74, 6) is 1.36. The van der Waals surface area contributed by atoms with Crippen LogP contribution in [0.5, 0.6) is 0 Å². The molecule has 0 bridgehead atoms. The van der Waals surface area contributed by atoms with Crippen molar-refractivity contribution in [2.24, 2.45) is 34.5 Å². The summed E-state index contributed by atoms with van der Waals surface area (Å²) in [7, 11) is 0. The maximum absolute atomic E-state index is 12.7. The van der Waals surface area contributed by atoms with E-state index in [0.29, 0.717) is 36.4 Å². The summed E-state index contributed by atoms with van der Waals surface area (Å²) in [5.41, 5.74) is 2.11. The topological polar surface area (TPSA) is 85.4 Å². The Bertz CT molecular complexity index is 775. The van der Waals surface area contributed by atoms with Crippen LogP contribution in [0.2, 0.25) is 0 Å². The third kappa shape index (κ3) is 3.54. The molecule has 0 radical (unpaired) electrons. The van der Waals surface area contributed by atoms with E-state index in [0.717, 1.165) is 38.5 Å². The number of hydrogen-bond donors (Lipinski definition) is 4. The van der Waals surface area contributed by atoms with Crippen LogP contribution < -0.4 is 5.32 Å². The number of aliphatic hydroxyl groups excluding tert-OH is 2. The summed E-state index contributed by atoms with van der Waals surface area (Å²) in [4.78, 5) is 15.7. The summed E-state index contributed by atoms with van der Waals surface area (Å²) in [6.07, 6.45) is 8.34. The van der Waals surface area contributed by atoms with Gasteiger partial charge in [0.25, 0.3) is 5.91 Å². The molecule has 1 aromatic rings. The Morgan fingerprint density at radius 1 is 1.27 bits per heavy atom. The number of hydrogen-bond acceptors (Lipinski definition) is 3. The number of carbonyl (C=O) groups is 1. The lowest BCUT2D eigenvalue weighted by Gasteiger charge is -2.56. The van der Waals surface area contributed by atoms with Crippen LogP contribution in [0, 0.1) is 34.5 Å². The van der Waals surface area contributed by atoms with Gasteiger partial charge in [0.05, 0.1) is 6.10 Å². The lowest BCUT2D eigenvalue weighted by atomic mass is 9.49. The zero-order valence-corrected chi connectivity index (χ0v) is 18.5. The molecule has 3 saturated carbocycles. The number of aliphatic hydroxyl groups is 2. The minimum atomic E-state index is -0.304. The van der Waals surface area contributed by atoms with Crippen molar-refractivity contribution in [1.29, 1.82) is 0 Å². The van der Waals surface area contributed by atoms with Gasteiger partial charge in [-0.15, -0.1) is 0 Å². The predicted octanol–water partition coefficient (Wildman–Crippen LogP) is 3.90. The molecule has 4 N–H and O–H groups in total. The number of H-pyrrole nitrogens is 1. The van der Waals surface area contributed by atoms with E-state index in [1.807, 2.05) is 6.07 Å². The van der Waals surface area contributed by atoms with Gasteiger partial charge in [0.15, 0.2) is 0 Å². The molecule has 1 heterocycles. The van der Waals surface area contributed by atoms with Gasteiger partial charge in [-0.05, 0) is 91.6 Å². The number of nitrogens with one attached hydrogen (secondary N) is 2. The summed E-state index contributed by atoms with van der Waals surface area (Å²) in [6.45, 7) is 9.90. The van der Waals surface area contributed by atoms with Crippen LogP contribution in [0.25, 0.3) is 0 Å². The minimum absolute atomic E-state index is 0.0128. The van der Waals surface area contributed by atoms with Crippen molar-refractivity contribution in [2.75, 3.05) is 13.2 Å². The van der Waals surface area contributed by atoms with E-state index in [4.69, 9.17) is 0 Å². The van der Waals surface area contributed by atoms with Crippen LogP contribution >= 0.6 is 0 Å². The minimum Gasteiger partial charge on any atom is -0.396 e. The molecular weight excluding hydrogens is 376 g/mol. The molecule has 1 aromatic heterocycles. The summed E-state index contributed by atoms with van der Waals surface area (Å²) in [5, 5.41) is 23.6. The van der Waals surface area contributed by atoms with E-state index in [9.17, 15) is 15.0 Å². The molecule has 3 fully saturated rings. The average Bonchev–Trinajstić information content (AvgIpc) is 3.37. The van der Waals surface area contributed by atoms with Crippen molar-refractivity contribution in [3.8, 4) is 0 Å². The highest BCUT2D eigenvalue weighted by molar-refractivity contribution is 5.92. The van der Waals surface area contributed by atoms with Crippen LogP contribution in [0.4, 0.5) is 0 Å². The van der Waals surface area contributed by atoms with Gasteiger partial charge in [0.2, 0.25) is 0 Å². The molecule has 7 atom stereocenters. The third-order valence-corrected chi connectivity index (χ3v) is 9.31. The molecule has 0 saturated heterocycles. The van der Waals surface area contributed by atoms with Crippen molar-refractivity contribution in [3.63, 3.8) is 0 Å². The van der Waals surface area contributed by atoms with Gasteiger partial charge >= 0.3 is 0 Å². The molecule has 0 aromatic carbocycles. The van der Waals surface area contributed by atoms with Crippen molar-refractivity contribution >= 4 is 5.91 Å². The van der Waals surface area contributed by atoms with Crippen molar-refractivity contribution in [1.82, 2.24) is 10.3 Å². The lowest BCUT2D eigenvalue weighted by molar-refractivity contribution is -0.0928. The second-order valence-corrected chi connectivity index (χ2v) is 10.6. The molecule has 3 aliphatic carbocycles. The Kier molecular flexibility index (Phi) is 5.88. The molecule has 5 heteroatoms. The van der Waals surface area contributed by atoms with E-state index in [1.54, 1.807) is 12.3 Å². The molecular formula is C25H38N2O3. The lowest BCUT2D eigenvalue weighted by Crippen LogP contribution is -2.53. The summed E-state index contributed by atoms with van der Waals surface area (Å²) < 4.78 is 0. The number of fused-ring (bicyclic) bond motifs is 1. The fourth-order valence-corrected chi connectivity index (χ4v) is 7.24. The van der Waals surface area contributed by atoms with Gasteiger partial charge in [0.1, 0.15) is 5.69 Å². The van der Waals surface area contributed by atoms with Crippen LogP contribution in [-0.4, -0.2) is 40.4 Å². The average molecular weight is 415 g/mol. The van der Waals surface area contributed by atoms with Crippen molar-refractivity contribution in [2.45, 2.75) is 64.9 Å². The quantitative estimate of drug-likeness (QED) is 0.551. The fourth-order valence-electron chi connectivity index (χ4n) is 7.24. The molecule has 1 amide bonds. The third-order valence-electron chi connectivity index (χ3n) is 9.31. The molecule has 5 nitrogen and oxygen atoms in total. The Labute approximate surface area is 180 Å². The van der Waals surface area contributed by atoms with E-state index < -0.39 is 0 Å². The Balaban J connectivity index is 1.61. The highest BCUT2D eigenvalue weighted by Crippen LogP contribution is 2.63. The molecule has 3 aliphatic rings. The Morgan fingerprint density at radius 3 is 2.77 bits per heavy atom. The van der Waals surface area contributed by atoms with E-state index >= 15 is 0 Å². The highest BCUT2D eigenvalue weighted by atomic mass is 16.3. The molecule has 4 rings (SSSR count). The molecule has 30 heavy (non-hydrogen) atoms. The zero-order chi connectivity index (χ0) is 21.5. The standard InChI is InChI=1S/C25H38N2O3/c1-16-6-7-20-19(14-27-23(30)22-5-4-12-26-22)21(9-11-24(16,20)2)25(3)10-8-18(29)13-17(25)15-28/h4-5,12,17-21,26,28-29H,1,6-11,13-15H2,2-3H3,(H,27,30). The van der Waals surface area contributed by atoms with Gasteiger partial charge in [0, 0.05) is 19.3 Å². The van der Waals surface area contributed by atoms with Crippen LogP contribution in [0.3, 0.4) is 0 Å². The Morgan fingerprint density at radius 2 is 2.07 bits per heavy atom. The maximum atomic E-state index is 12.7. The number of rotatable bonds is 5. The highest BCUT2D eigenvalue weighted by Gasteiger charge is 2.56. The van der Waals surface area contributed by atoms with Gasteiger partial charge in [-0.25, -0.2) is 0 Å². The summed E-state index contributed by atoms with van der Waals surface area (Å²) in [6, 6.07) is 3.65. The van der Waals surface area contributed by atoms with Gasteiger partial charge in [-0.3, -0.25) is 4.79 Å². The molecule has 0 aliphatic heterocycles. The largest absolute Gasteiger partial charge is 0.396 e. The predicted molar refractivity (Wildman–Crippen MR) is 118 cm³/mol. The van der Waals surface area contributed by atoms with Crippen LogP contribution in [0.1, 0.15) is 69.3 Å². The molecule has 166 valence electrons. The van der Waals surface area contributed by atoms with Crippen LogP contribution in [0.15, 0.2) is 30.5 Å². The van der Waals surface area contributed by atoms with Gasteiger partial charge < -0.3 is 20.5 Å². The first kappa shape index (κ1) is 21.6. The second-order valence-electron chi connectivity index (χ2n) is 10.6. The van der Waals surface area contributed by atoms with Crippen molar-refractivity contribution < 1.29 is 15.0 Å². The van der Waals surface area contributed by atoms with Crippen molar-refractivity contribution in [3.05, 3.63) is 36.2 Å². The first-order valence-electron chi connectivity index (χ1n) is 11.7. The summed E-state index contributed by atoms with van der Waals surface area (Å²) >= 11 is 0. The number of amides is 1. The van der Waals surface area contributed by atoms with Gasteiger partial charge in [-0.2, -0.15) is 0 Å².